The van der Waals surface area contributed by atoms with Crippen LogP contribution >= 0.6 is 0 Å². The molecule has 0 amide bonds. The van der Waals surface area contributed by atoms with Gasteiger partial charge in [-0.1, -0.05) is 116 Å². The van der Waals surface area contributed by atoms with Gasteiger partial charge in [0.1, 0.15) is 0 Å². The molecule has 16 heteroatoms. The fourth-order valence-corrected chi connectivity index (χ4v) is 9.74. The standard InChI is InChI=1S/C18H15N2.C16H14N2.C15H13N3.C15H11N2.C9H7N2.2Ir.3Pt/c1-18(2)16-7-4-3-6-14(16)15-12-13(8-9-17(15)18)20-11-5-10-19-20;1-17-10-11-18(13-17)16-9-5-8-15(12-16)14-6-3-2-4-7-14;1-17-9-10-18(12-17)14-6-4-5-13(11-14)15-7-2-3-8-16-15;1-3-7-13(8-4-1)14-11-16-17(12-14)15-9-5-2-6-10-15;1-2-5-9(6-3-1)11-8-4-7-10-11;;;;;/h3-11H,1-2H3;2-8,10-13H,1H3;2-5,7-12H,1H3;1-9,11-12H;1-5,7-8H;;;;;/q-1;2*-2;2*-1;;;;;. The molecule has 0 saturated carbocycles. The summed E-state index contributed by atoms with van der Waals surface area (Å²) in [4.78, 5) is 12.5. The van der Waals surface area contributed by atoms with Gasteiger partial charge in [0.15, 0.2) is 0 Å². The predicted molar refractivity (Wildman–Crippen MR) is 337 cm³/mol. The largest absolute Gasteiger partial charge is 0.510 e. The molecule has 0 unspecified atom stereocenters. The fraction of sp³-hybridized carbons (Fsp3) is 0.0685. The van der Waals surface area contributed by atoms with Crippen molar-refractivity contribution in [2.45, 2.75) is 19.3 Å². The first-order chi connectivity index (χ1) is 41.2. The van der Waals surface area contributed by atoms with Gasteiger partial charge in [0.2, 0.25) is 0 Å². The number of hydrogen-bond donors (Lipinski definition) is 0. The quantitative estimate of drug-likeness (QED) is 0.139. The van der Waals surface area contributed by atoms with Crippen LogP contribution in [0.5, 0.6) is 0 Å². The minimum atomic E-state index is 0. The van der Waals surface area contributed by atoms with E-state index < -0.39 is 0 Å². The summed E-state index contributed by atoms with van der Waals surface area (Å²) in [5, 5.41) is 12.7. The van der Waals surface area contributed by atoms with E-state index in [9.17, 15) is 0 Å². The number of benzene rings is 8. The van der Waals surface area contributed by atoms with Crippen LogP contribution in [0.1, 0.15) is 25.0 Å². The second-order valence-corrected chi connectivity index (χ2v) is 20.2. The van der Waals surface area contributed by atoms with E-state index in [2.05, 4.69) is 160 Å². The van der Waals surface area contributed by atoms with Crippen LogP contribution in [0.15, 0.2) is 281 Å². The monoisotopic (exact) mass is 2060 g/mol. The summed E-state index contributed by atoms with van der Waals surface area (Å²) >= 11 is 0. The molecule has 2 radical (unpaired) electrons. The van der Waals surface area contributed by atoms with E-state index in [1.165, 1.54) is 38.9 Å². The molecule has 15 rings (SSSR count). The molecule has 0 atom stereocenters. The molecule has 1 aliphatic carbocycles. The van der Waals surface area contributed by atoms with Crippen LogP contribution in [-0.4, -0.2) is 58.2 Å². The molecule has 0 fully saturated rings. The minimum absolute atomic E-state index is 0. The molecule has 12 aromatic rings. The topological polar surface area (TPSA) is 79.3 Å². The summed E-state index contributed by atoms with van der Waals surface area (Å²) in [6.07, 6.45) is 21.1. The van der Waals surface area contributed by atoms with Gasteiger partial charge in [0.05, 0.1) is 6.20 Å². The molecular formula is C73H60Ir2N11Pt3-7. The molecule has 0 spiro atoms. The van der Waals surface area contributed by atoms with E-state index in [-0.39, 0.29) is 109 Å². The Kier molecular flexibility index (Phi) is 27.4. The number of anilines is 2. The molecule has 3 aliphatic rings. The third-order valence-corrected chi connectivity index (χ3v) is 14.0. The molecule has 6 heterocycles. The van der Waals surface area contributed by atoms with Crippen molar-refractivity contribution in [2.24, 2.45) is 0 Å². The van der Waals surface area contributed by atoms with Gasteiger partial charge < -0.3 is 19.6 Å². The smallest absolute Gasteiger partial charge is 0.0571 e. The van der Waals surface area contributed by atoms with Gasteiger partial charge in [0, 0.05) is 152 Å². The van der Waals surface area contributed by atoms with E-state index in [1.54, 1.807) is 23.3 Å². The van der Waals surface area contributed by atoms with Crippen molar-refractivity contribution in [3.8, 4) is 61.7 Å². The Morgan fingerprint density at radius 3 is 1.46 bits per heavy atom. The Hall–Kier alpha value is -7.42. The number of aromatic nitrogens is 7. The van der Waals surface area contributed by atoms with Crippen LogP contribution in [0.25, 0.3) is 61.7 Å². The van der Waals surface area contributed by atoms with Crippen LogP contribution < -0.4 is 9.80 Å². The van der Waals surface area contributed by atoms with Crippen molar-refractivity contribution in [3.05, 3.63) is 335 Å². The molecule has 2 aliphatic heterocycles. The van der Waals surface area contributed by atoms with Crippen LogP contribution in [0, 0.1) is 43.7 Å². The first kappa shape index (κ1) is 70.7. The molecule has 4 aromatic heterocycles. The van der Waals surface area contributed by atoms with Crippen LogP contribution in [0.3, 0.4) is 0 Å². The summed E-state index contributed by atoms with van der Waals surface area (Å²) in [6.45, 7) is 8.59. The number of hydrogen-bond acceptors (Lipinski definition) is 8. The molecule has 89 heavy (non-hydrogen) atoms. The summed E-state index contributed by atoms with van der Waals surface area (Å²) in [6, 6.07) is 87.3. The second kappa shape index (κ2) is 34.5. The fourth-order valence-electron chi connectivity index (χ4n) is 9.74. The maximum Gasteiger partial charge on any atom is 0.0571 e. The maximum absolute atomic E-state index is 4.36. The Bertz CT molecular complexity index is 3900. The zero-order valence-corrected chi connectivity index (χ0v) is 60.4. The Balaban J connectivity index is 0.000000177. The van der Waals surface area contributed by atoms with E-state index >= 15 is 0 Å². The van der Waals surface area contributed by atoms with E-state index in [0.29, 0.717) is 0 Å². The Morgan fingerprint density at radius 2 is 0.921 bits per heavy atom. The molecule has 0 bridgehead atoms. The number of para-hydroxylation sites is 2. The summed E-state index contributed by atoms with van der Waals surface area (Å²) in [5.74, 6) is 0. The van der Waals surface area contributed by atoms with E-state index in [0.717, 1.165) is 45.3 Å². The number of pyridine rings is 1. The van der Waals surface area contributed by atoms with E-state index in [4.69, 9.17) is 0 Å². The van der Waals surface area contributed by atoms with Gasteiger partial charge in [-0.2, -0.15) is 114 Å². The number of fused-ring (bicyclic) bond motifs is 3. The maximum atomic E-state index is 4.36. The van der Waals surface area contributed by atoms with Gasteiger partial charge in [-0.25, -0.2) is 0 Å². The van der Waals surface area contributed by atoms with Crippen molar-refractivity contribution in [1.29, 1.82) is 0 Å². The number of nitrogens with zero attached hydrogens (tertiary/aromatic N) is 11. The average Bonchev–Trinajstić information content (AvgIpc) is 1.61. The molecule has 8 aromatic carbocycles. The van der Waals surface area contributed by atoms with Crippen molar-refractivity contribution < 1.29 is 103 Å². The minimum Gasteiger partial charge on any atom is -0.510 e. The van der Waals surface area contributed by atoms with Crippen LogP contribution in [0.4, 0.5) is 11.4 Å². The first-order valence-electron chi connectivity index (χ1n) is 27.5. The van der Waals surface area contributed by atoms with Gasteiger partial charge in [-0.3, -0.25) is 19.0 Å². The second-order valence-electron chi connectivity index (χ2n) is 20.2. The van der Waals surface area contributed by atoms with Gasteiger partial charge >= 0.3 is 0 Å². The van der Waals surface area contributed by atoms with Crippen molar-refractivity contribution in [1.82, 2.24) is 44.1 Å². The van der Waals surface area contributed by atoms with Crippen molar-refractivity contribution >= 4 is 11.4 Å². The van der Waals surface area contributed by atoms with Crippen LogP contribution in [-0.2, 0) is 109 Å². The van der Waals surface area contributed by atoms with Gasteiger partial charge in [-0.05, 0) is 96.8 Å². The normalized spacial score (nSPS) is 12.3. The average molecular weight is 2060 g/mol. The molecular weight excluding hydrogens is 2000 g/mol. The van der Waals surface area contributed by atoms with Crippen molar-refractivity contribution in [3.63, 3.8) is 0 Å². The summed E-state index contributed by atoms with van der Waals surface area (Å²) in [5.41, 5.74) is 17.0. The van der Waals surface area contributed by atoms with E-state index in [1.807, 2.05) is 222 Å². The summed E-state index contributed by atoms with van der Waals surface area (Å²) in [7, 11) is 4.01. The molecule has 0 N–H and O–H groups in total. The SMILES string of the molecule is CC1(C)c2ccc(-n3cccn3)[c-]c2-c2ccccc21.CN1C=CN(c2[c-]ccc(-c3ccccc3)c2)[CH-]1.CN1C=CN(c2[c-]ccc(-c3ccccn3)c2)[CH-]1.[Ir].[Ir].[Pt].[Pt].[Pt].[c-]1ccccc1-n1cc(-c2ccccc2)cn1.[c-]1ccccc1-n1cccn1. The number of rotatable bonds is 8. The molecule has 0 saturated heterocycles. The molecule has 462 valence electrons. The first-order valence-corrected chi connectivity index (χ1v) is 27.5. The third kappa shape index (κ3) is 18.1. The zero-order valence-electron chi connectivity index (χ0n) is 48.7. The van der Waals surface area contributed by atoms with Gasteiger partial charge in [0.25, 0.3) is 0 Å². The Morgan fingerprint density at radius 1 is 0.404 bits per heavy atom. The predicted octanol–water partition coefficient (Wildman–Crippen LogP) is 15.4. The zero-order chi connectivity index (χ0) is 57.5. The third-order valence-electron chi connectivity index (χ3n) is 14.0. The summed E-state index contributed by atoms with van der Waals surface area (Å²) < 4.78 is 5.47. The Labute approximate surface area is 593 Å². The van der Waals surface area contributed by atoms with Crippen LogP contribution in [0.2, 0.25) is 0 Å². The molecule has 11 nitrogen and oxygen atoms in total. The van der Waals surface area contributed by atoms with Crippen molar-refractivity contribution in [2.75, 3.05) is 23.9 Å². The van der Waals surface area contributed by atoms with Gasteiger partial charge in [-0.15, -0.1) is 76.1 Å².